The Kier molecular flexibility index (Phi) is 6.68. The molecule has 0 heterocycles. The molecule has 0 aliphatic rings. The maximum absolute atomic E-state index is 2.31. The largest absolute Gasteiger partial charge is 0.0883 e. The van der Waals surface area contributed by atoms with Crippen LogP contribution >= 0.6 is 0 Å². The highest BCUT2D eigenvalue weighted by Gasteiger charge is 1.83. The van der Waals surface area contributed by atoms with Crippen molar-refractivity contribution in [1.82, 2.24) is 0 Å². The molecule has 0 saturated heterocycles. The molecule has 0 saturated carbocycles. The standard InChI is InChI=1S/C10H20/c1-4-5-6-7-8-9-10(2)3/h8-10H,4-7H2,1-3H3/b9-8+. The molecule has 0 spiro atoms. The molecule has 0 atom stereocenters. The predicted octanol–water partition coefficient (Wildman–Crippen LogP) is 3.78. The van der Waals surface area contributed by atoms with Gasteiger partial charge in [-0.05, 0) is 18.8 Å². The van der Waals surface area contributed by atoms with Gasteiger partial charge in [0.15, 0.2) is 0 Å². The molecule has 0 radical (unpaired) electrons. The van der Waals surface area contributed by atoms with Crippen molar-refractivity contribution >= 4 is 0 Å². The molecular weight excluding hydrogens is 120 g/mol. The third-order valence-electron chi connectivity index (χ3n) is 1.50. The van der Waals surface area contributed by atoms with Crippen molar-refractivity contribution in [3.63, 3.8) is 0 Å². The van der Waals surface area contributed by atoms with Gasteiger partial charge in [-0.2, -0.15) is 0 Å². The Bertz CT molecular complexity index is 80.0. The van der Waals surface area contributed by atoms with E-state index in [9.17, 15) is 0 Å². The third kappa shape index (κ3) is 7.74. The molecule has 0 aliphatic carbocycles. The zero-order valence-corrected chi connectivity index (χ0v) is 7.56. The normalized spacial score (nSPS) is 11.6. The molecule has 0 nitrogen and oxygen atoms in total. The molecule has 0 aromatic carbocycles. The quantitative estimate of drug-likeness (QED) is 0.402. The van der Waals surface area contributed by atoms with Crippen molar-refractivity contribution in [2.45, 2.75) is 46.5 Å². The lowest BCUT2D eigenvalue weighted by molar-refractivity contribution is 0.723. The molecule has 0 N–H and O–H groups in total. The van der Waals surface area contributed by atoms with E-state index >= 15 is 0 Å². The van der Waals surface area contributed by atoms with Gasteiger partial charge in [0.1, 0.15) is 0 Å². The van der Waals surface area contributed by atoms with E-state index in [2.05, 4.69) is 32.9 Å². The Morgan fingerprint density at radius 2 is 1.90 bits per heavy atom. The van der Waals surface area contributed by atoms with Crippen molar-refractivity contribution in [2.75, 3.05) is 0 Å². The molecule has 0 bridgehead atoms. The highest BCUT2D eigenvalue weighted by Crippen LogP contribution is 2.01. The van der Waals surface area contributed by atoms with E-state index in [1.165, 1.54) is 25.7 Å². The first-order valence-corrected chi connectivity index (χ1v) is 4.44. The fourth-order valence-electron chi connectivity index (χ4n) is 0.881. The summed E-state index contributed by atoms with van der Waals surface area (Å²) >= 11 is 0. The highest BCUT2D eigenvalue weighted by atomic mass is 13.9. The van der Waals surface area contributed by atoms with Gasteiger partial charge in [0.25, 0.3) is 0 Å². The monoisotopic (exact) mass is 140 g/mol. The molecule has 10 heavy (non-hydrogen) atoms. The Labute approximate surface area is 65.3 Å². The summed E-state index contributed by atoms with van der Waals surface area (Å²) in [6.45, 7) is 6.68. The molecule has 0 aromatic rings. The summed E-state index contributed by atoms with van der Waals surface area (Å²) in [6.07, 6.45) is 9.93. The number of allylic oxidation sites excluding steroid dienone is 2. The van der Waals surface area contributed by atoms with Gasteiger partial charge in [-0.3, -0.25) is 0 Å². The van der Waals surface area contributed by atoms with Crippen molar-refractivity contribution in [2.24, 2.45) is 5.92 Å². The van der Waals surface area contributed by atoms with E-state index in [1.54, 1.807) is 0 Å². The van der Waals surface area contributed by atoms with Crippen LogP contribution in [-0.4, -0.2) is 0 Å². The molecule has 0 fully saturated rings. The first kappa shape index (κ1) is 9.74. The van der Waals surface area contributed by atoms with E-state index in [0.29, 0.717) is 0 Å². The number of rotatable bonds is 5. The summed E-state index contributed by atoms with van der Waals surface area (Å²) in [5, 5.41) is 0. The highest BCUT2D eigenvalue weighted by molar-refractivity contribution is 4.83. The third-order valence-corrected chi connectivity index (χ3v) is 1.50. The first-order chi connectivity index (χ1) is 4.77. The minimum atomic E-state index is 0.724. The van der Waals surface area contributed by atoms with Crippen LogP contribution in [0.15, 0.2) is 12.2 Å². The second-order valence-corrected chi connectivity index (χ2v) is 3.17. The molecule has 0 rings (SSSR count). The predicted molar refractivity (Wildman–Crippen MR) is 48.1 cm³/mol. The molecule has 0 heteroatoms. The lowest BCUT2D eigenvalue weighted by atomic mass is 10.1. The SMILES string of the molecule is CCCCC/C=C/C(C)C. The summed E-state index contributed by atoms with van der Waals surface area (Å²) in [7, 11) is 0. The van der Waals surface area contributed by atoms with Gasteiger partial charge in [-0.15, -0.1) is 0 Å². The van der Waals surface area contributed by atoms with Gasteiger partial charge in [-0.25, -0.2) is 0 Å². The van der Waals surface area contributed by atoms with Crippen molar-refractivity contribution in [1.29, 1.82) is 0 Å². The van der Waals surface area contributed by atoms with Crippen LogP contribution in [0.2, 0.25) is 0 Å². The zero-order chi connectivity index (χ0) is 7.82. The Morgan fingerprint density at radius 3 is 2.40 bits per heavy atom. The number of hydrogen-bond donors (Lipinski definition) is 0. The molecule has 60 valence electrons. The Balaban J connectivity index is 3.02. The summed E-state index contributed by atoms with van der Waals surface area (Å²) in [5.41, 5.74) is 0. The van der Waals surface area contributed by atoms with Crippen LogP contribution in [0.5, 0.6) is 0 Å². The first-order valence-electron chi connectivity index (χ1n) is 4.44. The second kappa shape index (κ2) is 6.85. The fraction of sp³-hybridized carbons (Fsp3) is 0.800. The maximum Gasteiger partial charge on any atom is -0.0290 e. The molecule has 0 unspecified atom stereocenters. The van der Waals surface area contributed by atoms with Gasteiger partial charge in [-0.1, -0.05) is 45.8 Å². The summed E-state index contributed by atoms with van der Waals surface area (Å²) in [4.78, 5) is 0. The van der Waals surface area contributed by atoms with Crippen LogP contribution in [0.1, 0.15) is 46.5 Å². The minimum Gasteiger partial charge on any atom is -0.0883 e. The minimum absolute atomic E-state index is 0.724. The van der Waals surface area contributed by atoms with Crippen LogP contribution in [0, 0.1) is 5.92 Å². The lowest BCUT2D eigenvalue weighted by Crippen LogP contribution is -1.77. The van der Waals surface area contributed by atoms with Crippen LogP contribution in [-0.2, 0) is 0 Å². The second-order valence-electron chi connectivity index (χ2n) is 3.17. The van der Waals surface area contributed by atoms with Crippen molar-refractivity contribution in [3.05, 3.63) is 12.2 Å². The maximum atomic E-state index is 2.31. The fourth-order valence-corrected chi connectivity index (χ4v) is 0.881. The van der Waals surface area contributed by atoms with Crippen LogP contribution in [0.4, 0.5) is 0 Å². The smallest absolute Gasteiger partial charge is 0.0290 e. The van der Waals surface area contributed by atoms with E-state index < -0.39 is 0 Å². The zero-order valence-electron chi connectivity index (χ0n) is 7.56. The molecule has 0 aromatic heterocycles. The van der Waals surface area contributed by atoms with E-state index in [-0.39, 0.29) is 0 Å². The van der Waals surface area contributed by atoms with E-state index in [1.807, 2.05) is 0 Å². The van der Waals surface area contributed by atoms with E-state index in [4.69, 9.17) is 0 Å². The van der Waals surface area contributed by atoms with E-state index in [0.717, 1.165) is 5.92 Å². The van der Waals surface area contributed by atoms with Gasteiger partial charge in [0.2, 0.25) is 0 Å². The average molecular weight is 140 g/mol. The van der Waals surface area contributed by atoms with Gasteiger partial charge >= 0.3 is 0 Å². The van der Waals surface area contributed by atoms with Crippen molar-refractivity contribution < 1.29 is 0 Å². The molecule has 0 aliphatic heterocycles. The average Bonchev–Trinajstić information content (AvgIpc) is 1.87. The van der Waals surface area contributed by atoms with Crippen LogP contribution < -0.4 is 0 Å². The summed E-state index contributed by atoms with van der Waals surface area (Å²) < 4.78 is 0. The topological polar surface area (TPSA) is 0 Å². The Morgan fingerprint density at radius 1 is 1.20 bits per heavy atom. The van der Waals surface area contributed by atoms with Crippen LogP contribution in [0.3, 0.4) is 0 Å². The number of hydrogen-bond acceptors (Lipinski definition) is 0. The summed E-state index contributed by atoms with van der Waals surface area (Å²) in [5.74, 6) is 0.724. The summed E-state index contributed by atoms with van der Waals surface area (Å²) in [6, 6.07) is 0. The number of unbranched alkanes of at least 4 members (excludes halogenated alkanes) is 3. The van der Waals surface area contributed by atoms with Crippen LogP contribution in [0.25, 0.3) is 0 Å². The van der Waals surface area contributed by atoms with Crippen molar-refractivity contribution in [3.8, 4) is 0 Å². The van der Waals surface area contributed by atoms with Gasteiger partial charge in [0, 0.05) is 0 Å². The van der Waals surface area contributed by atoms with Gasteiger partial charge in [0.05, 0.1) is 0 Å². The lowest BCUT2D eigenvalue weighted by Gasteiger charge is -1.94. The van der Waals surface area contributed by atoms with Gasteiger partial charge < -0.3 is 0 Å². The Hall–Kier alpha value is -0.260. The molecular formula is C10H20. The molecule has 0 amide bonds.